The summed E-state index contributed by atoms with van der Waals surface area (Å²) in [6.07, 6.45) is 17.5. The van der Waals surface area contributed by atoms with E-state index in [1.807, 2.05) is 180 Å². The van der Waals surface area contributed by atoms with E-state index in [0.29, 0.717) is 35.2 Å². The van der Waals surface area contributed by atoms with Gasteiger partial charge in [0.05, 0.1) is 5.69 Å². The van der Waals surface area contributed by atoms with Crippen molar-refractivity contribution in [2.24, 2.45) is 0 Å². The van der Waals surface area contributed by atoms with Gasteiger partial charge >= 0.3 is 0 Å². The van der Waals surface area contributed by atoms with E-state index >= 15 is 0 Å². The molecule has 0 aliphatic carbocycles. The largest absolute Gasteiger partial charge is 0.426 e. The number of aryl methyl sites for hydroxylation is 15. The van der Waals surface area contributed by atoms with Crippen molar-refractivity contribution in [3.05, 3.63) is 195 Å². The van der Waals surface area contributed by atoms with Crippen LogP contribution in [-0.2, 0) is 0 Å². The molecule has 0 atom stereocenters. The van der Waals surface area contributed by atoms with E-state index in [2.05, 4.69) is 94.0 Å². The summed E-state index contributed by atoms with van der Waals surface area (Å²) in [7, 11) is 0. The maximum atomic E-state index is 4.86. The third-order valence-electron chi connectivity index (χ3n) is 7.00. The minimum atomic E-state index is 0.623. The summed E-state index contributed by atoms with van der Waals surface area (Å²) in [6, 6.07) is 15.5. The van der Waals surface area contributed by atoms with Crippen LogP contribution in [0.4, 0.5) is 0 Å². The SMILES string of the molecule is CC.CC.CC.CC.CC.Cc1ccccn1.Cc1cccnc1.Cc1ccncc1.Cc1cnccn1.Cc1ncccn1.Cc1nnc(C)o1.Cc1nnc(C)s1.Cc1noc(C)n1.Cc1noc(C)n1.Cc1nsc(C)n1. The third kappa shape index (κ3) is 56.4. The normalized spacial score (nSPS) is 8.31. The van der Waals surface area contributed by atoms with Crippen molar-refractivity contribution in [3.63, 3.8) is 0 Å². The average molecular weight is 1140 g/mol. The number of aromatic nitrogens is 17. The monoisotopic (exact) mass is 1140 g/mol. The van der Waals surface area contributed by atoms with Crippen LogP contribution >= 0.6 is 22.9 Å². The molecule has 10 heterocycles. The molecular weight excluding hydrogens is 1050 g/mol. The molecule has 10 aromatic rings. The highest BCUT2D eigenvalue weighted by Crippen LogP contribution is 2.04. The second-order valence-electron chi connectivity index (χ2n) is 13.9. The molecule has 440 valence electrons. The van der Waals surface area contributed by atoms with Crippen LogP contribution in [0.25, 0.3) is 0 Å². The first kappa shape index (κ1) is 81.0. The van der Waals surface area contributed by atoms with Crippen molar-refractivity contribution in [3.8, 4) is 0 Å². The molecule has 0 amide bonds. The van der Waals surface area contributed by atoms with Gasteiger partial charge in [0.1, 0.15) is 26.7 Å². The molecule has 0 bridgehead atoms. The maximum Gasteiger partial charge on any atom is 0.223 e. The lowest BCUT2D eigenvalue weighted by Gasteiger charge is -1.82. The first-order valence-electron chi connectivity index (χ1n) is 26.3. The van der Waals surface area contributed by atoms with Gasteiger partial charge in [-0.25, -0.2) is 15.0 Å². The Kier molecular flexibility index (Phi) is 59.6. The summed E-state index contributed by atoms with van der Waals surface area (Å²) in [4.78, 5) is 38.9. The van der Waals surface area contributed by atoms with Crippen LogP contribution in [0.1, 0.15) is 154 Å². The van der Waals surface area contributed by atoms with E-state index < -0.39 is 0 Å². The highest BCUT2D eigenvalue weighted by molar-refractivity contribution is 7.11. The number of hydrogen-bond acceptors (Lipinski definition) is 22. The van der Waals surface area contributed by atoms with Crippen molar-refractivity contribution in [1.82, 2.24) is 84.9 Å². The first-order valence-corrected chi connectivity index (χ1v) is 27.9. The number of nitrogens with zero attached hydrogens (tertiary/aromatic N) is 17. The average Bonchev–Trinajstić information content (AvgIpc) is 4.34. The molecule has 0 fully saturated rings. The lowest BCUT2D eigenvalue weighted by Crippen LogP contribution is -1.80. The molecule has 10 aromatic heterocycles. The maximum absolute atomic E-state index is 4.86. The minimum absolute atomic E-state index is 0.623. The topological polar surface area (TPSA) is 259 Å². The Hall–Kier alpha value is -7.85. The molecule has 0 saturated carbocycles. The number of pyridine rings is 3. The van der Waals surface area contributed by atoms with Gasteiger partial charge in [-0.1, -0.05) is 91.7 Å². The fourth-order valence-corrected chi connectivity index (χ4v) is 5.13. The summed E-state index contributed by atoms with van der Waals surface area (Å²) in [5.41, 5.74) is 4.50. The number of hydrogen-bond donors (Lipinski definition) is 0. The Morgan fingerprint density at radius 2 is 0.825 bits per heavy atom. The zero-order chi connectivity index (χ0) is 61.9. The highest BCUT2D eigenvalue weighted by atomic mass is 32.1. The quantitative estimate of drug-likeness (QED) is 0.137. The minimum Gasteiger partial charge on any atom is -0.426 e. The smallest absolute Gasteiger partial charge is 0.223 e. The van der Waals surface area contributed by atoms with Gasteiger partial charge in [0.25, 0.3) is 0 Å². The molecule has 0 aliphatic heterocycles. The number of rotatable bonds is 0. The third-order valence-corrected chi connectivity index (χ3v) is 8.46. The van der Waals surface area contributed by atoms with Crippen LogP contribution in [0.2, 0.25) is 0 Å². The van der Waals surface area contributed by atoms with Crippen LogP contribution in [0.5, 0.6) is 0 Å². The van der Waals surface area contributed by atoms with Crippen LogP contribution < -0.4 is 0 Å². The summed E-state index contributed by atoms with van der Waals surface area (Å²) < 4.78 is 18.0. The summed E-state index contributed by atoms with van der Waals surface area (Å²) >= 11 is 3.06. The standard InChI is InChI=1S/3C6H7N.2C5H6N2.3C4H6N2O.2C4H6N2S.5C2H6/c1-6-2-4-7-5-3-6;1-6-3-2-4-7-5-6;1-6-4-2-3-5-7-6;1-5-4-6-2-3-7-5;1-5-6-3-2-4-7-5;1-3-5-6-4(2)7-3;2*1-3-5-4(2)7-6-3;1-3-5-6-4(2)7-3;1-3-5-4(2)7-6-3;5*1-2/h3*2-5H,1H3;2*2-4H,1H3;5*1-2H3;5*1-2H3. The van der Waals surface area contributed by atoms with Gasteiger partial charge in [-0.3, -0.25) is 24.9 Å². The van der Waals surface area contributed by atoms with E-state index in [0.717, 1.165) is 38.1 Å². The molecule has 0 aliphatic rings. The summed E-state index contributed by atoms with van der Waals surface area (Å²) in [6.45, 7) is 48.2. The molecule has 0 radical (unpaired) electrons. The first-order chi connectivity index (χ1) is 38.4. The van der Waals surface area contributed by atoms with Crippen molar-refractivity contribution in [1.29, 1.82) is 0 Å². The Labute approximate surface area is 487 Å². The van der Waals surface area contributed by atoms with Gasteiger partial charge < -0.3 is 13.5 Å². The zero-order valence-corrected chi connectivity index (χ0v) is 54.2. The van der Waals surface area contributed by atoms with Crippen LogP contribution in [-0.4, -0.2) is 84.9 Å². The Bertz CT molecular complexity index is 2220. The summed E-state index contributed by atoms with van der Waals surface area (Å²) in [5.74, 6) is 5.57. The molecule has 0 N–H and O–H groups in total. The van der Waals surface area contributed by atoms with E-state index in [1.165, 1.54) is 22.7 Å². The van der Waals surface area contributed by atoms with E-state index in [1.54, 1.807) is 115 Å². The second kappa shape index (κ2) is 58.8. The lowest BCUT2D eigenvalue weighted by molar-refractivity contribution is 0.389. The van der Waals surface area contributed by atoms with E-state index in [-0.39, 0.29) is 0 Å². The van der Waals surface area contributed by atoms with Crippen molar-refractivity contribution < 1.29 is 13.5 Å². The van der Waals surface area contributed by atoms with E-state index in [9.17, 15) is 0 Å². The van der Waals surface area contributed by atoms with Crippen molar-refractivity contribution in [2.75, 3.05) is 0 Å². The molecule has 10 rings (SSSR count). The second-order valence-corrected chi connectivity index (χ2v) is 16.3. The Morgan fingerprint density at radius 3 is 1.00 bits per heavy atom. The molecule has 0 unspecified atom stereocenters. The molecule has 22 heteroatoms. The van der Waals surface area contributed by atoms with E-state index in [4.69, 9.17) is 4.42 Å². The van der Waals surface area contributed by atoms with Crippen molar-refractivity contribution in [2.45, 2.75) is 173 Å². The molecule has 0 aromatic carbocycles. The predicted molar refractivity (Wildman–Crippen MR) is 327 cm³/mol. The fourth-order valence-electron chi connectivity index (χ4n) is 4.06. The predicted octanol–water partition coefficient (Wildman–Crippen LogP) is 15.2. The fraction of sp³-hybridized carbons (Fsp3) is 0.431. The highest BCUT2D eigenvalue weighted by Gasteiger charge is 1.92. The van der Waals surface area contributed by atoms with Gasteiger partial charge in [0.2, 0.25) is 23.6 Å². The molecule has 80 heavy (non-hydrogen) atoms. The van der Waals surface area contributed by atoms with Gasteiger partial charge in [-0.2, -0.15) is 14.3 Å². The Morgan fingerprint density at radius 1 is 0.338 bits per heavy atom. The lowest BCUT2D eigenvalue weighted by atomic mass is 10.3. The van der Waals surface area contributed by atoms with Crippen LogP contribution in [0, 0.1) is 104 Å². The summed E-state index contributed by atoms with van der Waals surface area (Å²) in [5, 5.41) is 24.9. The van der Waals surface area contributed by atoms with Crippen LogP contribution in [0.3, 0.4) is 0 Å². The molecule has 0 saturated heterocycles. The zero-order valence-electron chi connectivity index (χ0n) is 52.5. The van der Waals surface area contributed by atoms with Gasteiger partial charge in [-0.05, 0) is 135 Å². The van der Waals surface area contributed by atoms with Gasteiger partial charge in [-0.15, -0.1) is 31.7 Å². The Balaban J connectivity index is -0.000000256. The van der Waals surface area contributed by atoms with Gasteiger partial charge in [0.15, 0.2) is 11.6 Å². The van der Waals surface area contributed by atoms with Crippen molar-refractivity contribution >= 4 is 22.9 Å². The molecule has 0 spiro atoms. The molecule has 20 nitrogen and oxygen atoms in total. The van der Waals surface area contributed by atoms with Crippen LogP contribution in [0.15, 0.2) is 124 Å². The molecular formula is C58H93N17O3S2. The van der Waals surface area contributed by atoms with Gasteiger partial charge in [0, 0.05) is 95.4 Å².